The molecule has 1 unspecified atom stereocenters. The molecule has 3 heteroatoms. The second-order valence-corrected chi connectivity index (χ2v) is 11.7. The van der Waals surface area contributed by atoms with Crippen LogP contribution in [0.15, 0.2) is 170 Å². The van der Waals surface area contributed by atoms with Crippen molar-refractivity contribution in [2.24, 2.45) is 0 Å². The Morgan fingerprint density at radius 2 is 1.28 bits per heavy atom. The van der Waals surface area contributed by atoms with Crippen LogP contribution in [0.5, 0.6) is 0 Å². The number of benzene rings is 5. The average Bonchev–Trinajstić information content (AvgIpc) is 3.15. The highest BCUT2D eigenvalue weighted by atomic mass is 14.9. The first-order valence-corrected chi connectivity index (χ1v) is 15.7. The number of hydrogen-bond donors (Lipinski definition) is 0. The number of nitrogens with zero attached hydrogens (tertiary/aromatic N) is 3. The summed E-state index contributed by atoms with van der Waals surface area (Å²) in [6, 6.07) is 49.1. The average molecular weight is 590 g/mol. The second-order valence-electron chi connectivity index (χ2n) is 11.7. The van der Waals surface area contributed by atoms with E-state index >= 15 is 0 Å². The Labute approximate surface area is 269 Å². The first kappa shape index (κ1) is 27.6. The van der Waals surface area contributed by atoms with Crippen molar-refractivity contribution in [3.63, 3.8) is 0 Å². The molecule has 0 radical (unpaired) electrons. The van der Waals surface area contributed by atoms with Crippen LogP contribution in [0.2, 0.25) is 0 Å². The molecule has 0 N–H and O–H groups in total. The first-order valence-electron chi connectivity index (χ1n) is 15.7. The van der Waals surface area contributed by atoms with Crippen molar-refractivity contribution < 1.29 is 0 Å². The summed E-state index contributed by atoms with van der Waals surface area (Å²) in [4.78, 5) is 14.7. The van der Waals surface area contributed by atoms with Crippen LogP contribution in [0.4, 0.5) is 0 Å². The van der Waals surface area contributed by atoms with Gasteiger partial charge in [0.15, 0.2) is 5.82 Å². The van der Waals surface area contributed by atoms with Gasteiger partial charge in [-0.2, -0.15) is 0 Å². The Bertz CT molecular complexity index is 2210. The lowest BCUT2D eigenvalue weighted by Gasteiger charge is -2.20. The minimum atomic E-state index is 0.118. The summed E-state index contributed by atoms with van der Waals surface area (Å²) < 4.78 is 0. The molecule has 3 nitrogen and oxygen atoms in total. The van der Waals surface area contributed by atoms with Crippen LogP contribution in [0.3, 0.4) is 0 Å². The molecule has 1 aliphatic rings. The highest BCUT2D eigenvalue weighted by Crippen LogP contribution is 2.36. The zero-order valence-corrected chi connectivity index (χ0v) is 25.3. The Kier molecular flexibility index (Phi) is 7.33. The standard InChI is InChI=1S/C43H31N3/c1-2-10-30(11-3-1)34-14-6-16-36(26-34)41-28-42(37-17-7-15-35(27-37)38-18-9-25-44-29-38)46-43(45-41)33-23-21-32(22-24-33)40-20-8-13-31-12-4-5-19-39(31)40/h1-26,28-29,37H,27H2. The third kappa shape index (κ3) is 5.55. The van der Waals surface area contributed by atoms with Gasteiger partial charge in [-0.1, -0.05) is 140 Å². The zero-order chi connectivity index (χ0) is 30.7. The number of aromatic nitrogens is 3. The van der Waals surface area contributed by atoms with Gasteiger partial charge in [0.05, 0.1) is 11.4 Å². The normalized spacial score (nSPS) is 14.3. The molecule has 1 aliphatic carbocycles. The van der Waals surface area contributed by atoms with Gasteiger partial charge in [0.2, 0.25) is 0 Å². The maximum atomic E-state index is 5.21. The largest absolute Gasteiger partial charge is 0.264 e. The number of fused-ring (bicyclic) bond motifs is 1. The number of pyridine rings is 1. The third-order valence-corrected chi connectivity index (χ3v) is 8.75. The molecule has 7 aromatic rings. The molecule has 2 heterocycles. The first-order chi connectivity index (χ1) is 22.8. The van der Waals surface area contributed by atoms with E-state index in [4.69, 9.17) is 9.97 Å². The van der Waals surface area contributed by atoms with E-state index in [1.165, 1.54) is 38.6 Å². The van der Waals surface area contributed by atoms with E-state index in [0.717, 1.165) is 40.3 Å². The Balaban J connectivity index is 1.20. The van der Waals surface area contributed by atoms with Gasteiger partial charge in [-0.05, 0) is 68.8 Å². The van der Waals surface area contributed by atoms with Crippen LogP contribution in [0.1, 0.15) is 23.6 Å². The number of rotatable bonds is 6. The van der Waals surface area contributed by atoms with Gasteiger partial charge in [-0.25, -0.2) is 9.97 Å². The molecule has 218 valence electrons. The molecule has 0 spiro atoms. The van der Waals surface area contributed by atoms with Crippen molar-refractivity contribution in [1.29, 1.82) is 0 Å². The van der Waals surface area contributed by atoms with Crippen molar-refractivity contribution in [3.8, 4) is 44.9 Å². The van der Waals surface area contributed by atoms with Crippen LogP contribution in [0.25, 0.3) is 61.2 Å². The van der Waals surface area contributed by atoms with E-state index in [-0.39, 0.29) is 5.92 Å². The quantitative estimate of drug-likeness (QED) is 0.194. The van der Waals surface area contributed by atoms with E-state index < -0.39 is 0 Å². The maximum absolute atomic E-state index is 5.21. The fourth-order valence-corrected chi connectivity index (χ4v) is 6.35. The van der Waals surface area contributed by atoms with Crippen LogP contribution in [-0.2, 0) is 0 Å². The molecule has 0 amide bonds. The van der Waals surface area contributed by atoms with Crippen molar-refractivity contribution in [1.82, 2.24) is 15.0 Å². The van der Waals surface area contributed by atoms with E-state index in [9.17, 15) is 0 Å². The molecular formula is C43H31N3. The summed E-state index contributed by atoms with van der Waals surface area (Å²) in [5.41, 5.74) is 11.1. The van der Waals surface area contributed by atoms with Gasteiger partial charge < -0.3 is 0 Å². The molecule has 1 atom stereocenters. The van der Waals surface area contributed by atoms with E-state index in [0.29, 0.717) is 0 Å². The van der Waals surface area contributed by atoms with Crippen molar-refractivity contribution >= 4 is 16.3 Å². The fraction of sp³-hybridized carbons (Fsp3) is 0.0465. The van der Waals surface area contributed by atoms with E-state index in [1.807, 2.05) is 24.5 Å². The second kappa shape index (κ2) is 12.2. The van der Waals surface area contributed by atoms with E-state index in [2.05, 4.69) is 151 Å². The van der Waals surface area contributed by atoms with Crippen LogP contribution >= 0.6 is 0 Å². The van der Waals surface area contributed by atoms with Crippen LogP contribution < -0.4 is 0 Å². The van der Waals surface area contributed by atoms with Crippen molar-refractivity contribution in [2.45, 2.75) is 12.3 Å². The topological polar surface area (TPSA) is 38.7 Å². The third-order valence-electron chi connectivity index (χ3n) is 8.75. The molecule has 0 saturated heterocycles. The Hall–Kier alpha value is -5.93. The Morgan fingerprint density at radius 1 is 0.543 bits per heavy atom. The SMILES string of the molecule is C1=CC(c2cc(-c3cccc(-c4ccccc4)c3)nc(-c3ccc(-c4cccc5ccccc45)cc3)n2)CC(c2cccnc2)=C1. The van der Waals surface area contributed by atoms with Gasteiger partial charge in [0.25, 0.3) is 0 Å². The molecule has 0 fully saturated rings. The van der Waals surface area contributed by atoms with Crippen molar-refractivity contribution in [3.05, 3.63) is 181 Å². The molecule has 0 saturated carbocycles. The predicted octanol–water partition coefficient (Wildman–Crippen LogP) is 10.8. The van der Waals surface area contributed by atoms with Gasteiger partial charge in [0, 0.05) is 29.4 Å². The van der Waals surface area contributed by atoms with Gasteiger partial charge in [-0.15, -0.1) is 0 Å². The summed E-state index contributed by atoms with van der Waals surface area (Å²) in [5.74, 6) is 0.848. The molecular weight excluding hydrogens is 558 g/mol. The van der Waals surface area contributed by atoms with Gasteiger partial charge in [0.1, 0.15) is 0 Å². The molecule has 2 aromatic heterocycles. The molecule has 46 heavy (non-hydrogen) atoms. The number of hydrogen-bond acceptors (Lipinski definition) is 3. The molecule has 0 aliphatic heterocycles. The summed E-state index contributed by atoms with van der Waals surface area (Å²) >= 11 is 0. The van der Waals surface area contributed by atoms with Gasteiger partial charge in [-0.3, -0.25) is 4.98 Å². The van der Waals surface area contributed by atoms with Crippen LogP contribution in [0, 0.1) is 0 Å². The highest BCUT2D eigenvalue weighted by Gasteiger charge is 2.20. The summed E-state index contributed by atoms with van der Waals surface area (Å²) in [6.07, 6.45) is 11.2. The van der Waals surface area contributed by atoms with Crippen molar-refractivity contribution in [2.75, 3.05) is 0 Å². The van der Waals surface area contributed by atoms with Crippen LogP contribution in [-0.4, -0.2) is 15.0 Å². The smallest absolute Gasteiger partial charge is 0.160 e. The lowest BCUT2D eigenvalue weighted by molar-refractivity contribution is 0.822. The predicted molar refractivity (Wildman–Crippen MR) is 190 cm³/mol. The zero-order valence-electron chi connectivity index (χ0n) is 25.3. The summed E-state index contributed by atoms with van der Waals surface area (Å²) in [7, 11) is 0. The van der Waals surface area contributed by atoms with E-state index in [1.54, 1.807) is 0 Å². The highest BCUT2D eigenvalue weighted by molar-refractivity contribution is 5.96. The minimum absolute atomic E-state index is 0.118. The lowest BCUT2D eigenvalue weighted by Crippen LogP contribution is -2.06. The lowest BCUT2D eigenvalue weighted by atomic mass is 9.88. The summed E-state index contributed by atoms with van der Waals surface area (Å²) in [6.45, 7) is 0. The number of allylic oxidation sites excluding steroid dienone is 4. The molecule has 5 aromatic carbocycles. The Morgan fingerprint density at radius 3 is 2.15 bits per heavy atom. The maximum Gasteiger partial charge on any atom is 0.160 e. The fourth-order valence-electron chi connectivity index (χ4n) is 6.35. The minimum Gasteiger partial charge on any atom is -0.264 e. The summed E-state index contributed by atoms with van der Waals surface area (Å²) in [5, 5.41) is 2.49. The van der Waals surface area contributed by atoms with Gasteiger partial charge >= 0.3 is 0 Å². The molecule has 0 bridgehead atoms. The monoisotopic (exact) mass is 589 g/mol. The molecule has 8 rings (SSSR count).